The van der Waals surface area contributed by atoms with Crippen molar-refractivity contribution in [3.05, 3.63) is 41.7 Å². The van der Waals surface area contributed by atoms with Gasteiger partial charge in [-0.05, 0) is 19.3 Å². The fraction of sp³-hybridized carbons (Fsp3) is 0.438. The Morgan fingerprint density at radius 2 is 2.18 bits per heavy atom. The van der Waals surface area contributed by atoms with Crippen LogP contribution in [-0.4, -0.2) is 24.6 Å². The van der Waals surface area contributed by atoms with E-state index in [4.69, 9.17) is 0 Å². The molecule has 1 atom stereocenters. The van der Waals surface area contributed by atoms with Crippen LogP contribution in [-0.2, 0) is 0 Å². The molecule has 0 saturated carbocycles. The first kappa shape index (κ1) is 14.6. The molecule has 3 aromatic heterocycles. The van der Waals surface area contributed by atoms with Gasteiger partial charge in [0.05, 0.1) is 12.2 Å². The lowest BCUT2D eigenvalue weighted by molar-refractivity contribution is 0.690. The number of nitrogens with zero attached hydrogens (tertiary/aromatic N) is 4. The summed E-state index contributed by atoms with van der Waals surface area (Å²) in [6, 6.07) is 4.11. The van der Waals surface area contributed by atoms with Crippen molar-refractivity contribution in [2.45, 2.75) is 46.1 Å². The molecule has 0 saturated heterocycles. The first-order valence-corrected chi connectivity index (χ1v) is 7.71. The van der Waals surface area contributed by atoms with Crippen LogP contribution in [0.2, 0.25) is 0 Å². The normalized spacial score (nSPS) is 13.0. The summed E-state index contributed by atoms with van der Waals surface area (Å²) >= 11 is 0. The van der Waals surface area contributed by atoms with Gasteiger partial charge in [-0.3, -0.25) is 0 Å². The maximum atomic E-state index is 4.64. The summed E-state index contributed by atoms with van der Waals surface area (Å²) in [6.45, 7) is 8.44. The van der Waals surface area contributed by atoms with E-state index in [2.05, 4.69) is 52.2 Å². The van der Waals surface area contributed by atoms with E-state index in [9.17, 15) is 0 Å². The van der Waals surface area contributed by atoms with E-state index in [1.807, 2.05) is 23.7 Å². The number of H-pyrrole nitrogens is 1. The zero-order valence-corrected chi connectivity index (χ0v) is 13.5. The van der Waals surface area contributed by atoms with Crippen LogP contribution in [0.25, 0.3) is 5.65 Å². The number of nitrogens with one attached hydrogen (secondary N) is 2. The van der Waals surface area contributed by atoms with Crippen LogP contribution in [0.15, 0.2) is 24.5 Å². The van der Waals surface area contributed by atoms with Gasteiger partial charge in [0.25, 0.3) is 0 Å². The highest BCUT2D eigenvalue weighted by Gasteiger charge is 2.16. The number of hydrogen-bond acceptors (Lipinski definition) is 4. The topological polar surface area (TPSA) is 70.9 Å². The average Bonchev–Trinajstić information content (AvgIpc) is 3.12. The van der Waals surface area contributed by atoms with Gasteiger partial charge in [0.2, 0.25) is 0 Å². The van der Waals surface area contributed by atoms with Gasteiger partial charge in [-0.25, -0.2) is 9.97 Å². The molecule has 0 aliphatic rings. The van der Waals surface area contributed by atoms with Gasteiger partial charge < -0.3 is 10.3 Å². The number of fused-ring (bicyclic) bond motifs is 1. The first-order chi connectivity index (χ1) is 10.6. The molecule has 0 fully saturated rings. The molecule has 3 aromatic rings. The molecule has 3 heterocycles. The third-order valence-electron chi connectivity index (χ3n) is 3.75. The molecule has 3 rings (SSSR count). The molecule has 0 spiro atoms. The van der Waals surface area contributed by atoms with Crippen molar-refractivity contribution in [3.63, 3.8) is 0 Å². The summed E-state index contributed by atoms with van der Waals surface area (Å²) in [5, 5.41) is 7.92. The summed E-state index contributed by atoms with van der Waals surface area (Å²) in [5.74, 6) is 2.26. The second-order valence-corrected chi connectivity index (χ2v) is 5.88. The summed E-state index contributed by atoms with van der Waals surface area (Å²) in [7, 11) is 0. The van der Waals surface area contributed by atoms with Crippen molar-refractivity contribution >= 4 is 11.5 Å². The van der Waals surface area contributed by atoms with Crippen molar-refractivity contribution < 1.29 is 0 Å². The van der Waals surface area contributed by atoms with E-state index in [1.165, 1.54) is 0 Å². The third-order valence-corrected chi connectivity index (χ3v) is 3.75. The SMILES string of the molecule is CC[C@H](Nc1cc(C(C)C)nc2ccnn12)c1ncc(C)[nH]1. The molecular formula is C16H22N6. The minimum Gasteiger partial charge on any atom is -0.360 e. The first-order valence-electron chi connectivity index (χ1n) is 7.71. The lowest BCUT2D eigenvalue weighted by Crippen LogP contribution is -2.15. The highest BCUT2D eigenvalue weighted by Crippen LogP contribution is 2.23. The molecule has 0 aliphatic carbocycles. The Labute approximate surface area is 130 Å². The zero-order valence-electron chi connectivity index (χ0n) is 13.5. The number of aromatic amines is 1. The van der Waals surface area contributed by atoms with Gasteiger partial charge in [-0.2, -0.15) is 9.61 Å². The fourth-order valence-corrected chi connectivity index (χ4v) is 2.48. The van der Waals surface area contributed by atoms with Crippen molar-refractivity contribution in [2.24, 2.45) is 0 Å². The molecule has 6 heteroatoms. The van der Waals surface area contributed by atoms with E-state index in [-0.39, 0.29) is 6.04 Å². The fourth-order valence-electron chi connectivity index (χ4n) is 2.48. The van der Waals surface area contributed by atoms with Crippen molar-refractivity contribution in [3.8, 4) is 0 Å². The smallest absolute Gasteiger partial charge is 0.157 e. The van der Waals surface area contributed by atoms with E-state index in [0.717, 1.165) is 35.1 Å². The van der Waals surface area contributed by atoms with E-state index in [0.29, 0.717) is 5.92 Å². The Balaban J connectivity index is 1.99. The predicted molar refractivity (Wildman–Crippen MR) is 87.1 cm³/mol. The van der Waals surface area contributed by atoms with Gasteiger partial charge in [0.15, 0.2) is 5.65 Å². The predicted octanol–water partition coefficient (Wildman–Crippen LogP) is 3.45. The van der Waals surface area contributed by atoms with Crippen molar-refractivity contribution in [2.75, 3.05) is 5.32 Å². The number of aryl methyl sites for hydroxylation is 1. The molecule has 116 valence electrons. The summed E-state index contributed by atoms with van der Waals surface area (Å²) in [5.41, 5.74) is 2.98. The van der Waals surface area contributed by atoms with Crippen LogP contribution in [0.4, 0.5) is 5.82 Å². The second kappa shape index (κ2) is 5.79. The van der Waals surface area contributed by atoms with Gasteiger partial charge >= 0.3 is 0 Å². The molecule has 6 nitrogen and oxygen atoms in total. The Morgan fingerprint density at radius 1 is 1.36 bits per heavy atom. The van der Waals surface area contributed by atoms with E-state index in [1.54, 1.807) is 6.20 Å². The van der Waals surface area contributed by atoms with Crippen LogP contribution in [0.5, 0.6) is 0 Å². The molecular weight excluding hydrogens is 276 g/mol. The maximum Gasteiger partial charge on any atom is 0.157 e. The van der Waals surface area contributed by atoms with Gasteiger partial charge in [0.1, 0.15) is 11.6 Å². The average molecular weight is 298 g/mol. The number of hydrogen-bond donors (Lipinski definition) is 2. The quantitative estimate of drug-likeness (QED) is 0.757. The third kappa shape index (κ3) is 2.68. The highest BCUT2D eigenvalue weighted by molar-refractivity contribution is 5.50. The van der Waals surface area contributed by atoms with Crippen LogP contribution in [0.3, 0.4) is 0 Å². The molecule has 0 radical (unpaired) electrons. The van der Waals surface area contributed by atoms with Gasteiger partial charge in [-0.15, -0.1) is 0 Å². The number of imidazole rings is 1. The van der Waals surface area contributed by atoms with Crippen LogP contribution < -0.4 is 5.32 Å². The highest BCUT2D eigenvalue weighted by atomic mass is 15.3. The largest absolute Gasteiger partial charge is 0.360 e. The monoisotopic (exact) mass is 298 g/mol. The molecule has 0 amide bonds. The maximum absolute atomic E-state index is 4.64. The standard InChI is InChI=1S/C16H22N6/c1-5-12(16-17-9-11(4)19-16)20-15-8-13(10(2)3)21-14-6-7-18-22(14)15/h6-10,12,20H,5H2,1-4H3,(H,17,19)/t12-/m0/s1. The lowest BCUT2D eigenvalue weighted by Gasteiger charge is -2.18. The minimum absolute atomic E-state index is 0.114. The Kier molecular flexibility index (Phi) is 3.83. The Morgan fingerprint density at radius 3 is 2.82 bits per heavy atom. The zero-order chi connectivity index (χ0) is 15.7. The second-order valence-electron chi connectivity index (χ2n) is 5.88. The van der Waals surface area contributed by atoms with Gasteiger partial charge in [0, 0.05) is 29.7 Å². The molecule has 0 unspecified atom stereocenters. The molecule has 2 N–H and O–H groups in total. The number of anilines is 1. The van der Waals surface area contributed by atoms with E-state index >= 15 is 0 Å². The van der Waals surface area contributed by atoms with Crippen molar-refractivity contribution in [1.29, 1.82) is 0 Å². The van der Waals surface area contributed by atoms with Crippen LogP contribution in [0, 0.1) is 6.92 Å². The Hall–Kier alpha value is -2.37. The molecule has 0 bridgehead atoms. The summed E-state index contributed by atoms with van der Waals surface area (Å²) in [6.07, 6.45) is 4.56. The lowest BCUT2D eigenvalue weighted by atomic mass is 10.1. The number of rotatable bonds is 5. The van der Waals surface area contributed by atoms with Crippen LogP contribution >= 0.6 is 0 Å². The van der Waals surface area contributed by atoms with Gasteiger partial charge in [-0.1, -0.05) is 20.8 Å². The van der Waals surface area contributed by atoms with Crippen molar-refractivity contribution in [1.82, 2.24) is 24.6 Å². The number of aromatic nitrogens is 5. The molecule has 22 heavy (non-hydrogen) atoms. The summed E-state index contributed by atoms with van der Waals surface area (Å²) < 4.78 is 1.84. The summed E-state index contributed by atoms with van der Waals surface area (Å²) in [4.78, 5) is 12.4. The molecule has 0 aromatic carbocycles. The van der Waals surface area contributed by atoms with Crippen LogP contribution in [0.1, 0.15) is 56.4 Å². The molecule has 0 aliphatic heterocycles. The minimum atomic E-state index is 0.114. The van der Waals surface area contributed by atoms with E-state index < -0.39 is 0 Å². The Bertz CT molecular complexity index is 770.